The standard InChI is InChI=1S/C14H21FN2/c1-10(12-4-5-12)17(2)9-11-3-6-14(15)13(7-11)8-16/h3,6-7,10,12H,4-5,8-9,16H2,1-2H3. The van der Waals surface area contributed by atoms with Crippen LogP contribution in [0, 0.1) is 11.7 Å². The maximum absolute atomic E-state index is 13.3. The van der Waals surface area contributed by atoms with Crippen LogP contribution in [-0.4, -0.2) is 18.0 Å². The topological polar surface area (TPSA) is 29.3 Å². The summed E-state index contributed by atoms with van der Waals surface area (Å²) in [7, 11) is 2.13. The van der Waals surface area contributed by atoms with Gasteiger partial charge in [0.15, 0.2) is 0 Å². The van der Waals surface area contributed by atoms with Crippen LogP contribution in [0.1, 0.15) is 30.9 Å². The van der Waals surface area contributed by atoms with E-state index in [4.69, 9.17) is 5.73 Å². The fraction of sp³-hybridized carbons (Fsp3) is 0.571. The molecule has 0 aliphatic heterocycles. The van der Waals surface area contributed by atoms with Crippen molar-refractivity contribution in [1.82, 2.24) is 4.90 Å². The summed E-state index contributed by atoms with van der Waals surface area (Å²) in [6.45, 7) is 3.40. The van der Waals surface area contributed by atoms with Crippen LogP contribution >= 0.6 is 0 Å². The van der Waals surface area contributed by atoms with Gasteiger partial charge >= 0.3 is 0 Å². The summed E-state index contributed by atoms with van der Waals surface area (Å²) in [5, 5.41) is 0. The molecule has 2 rings (SSSR count). The minimum atomic E-state index is -0.200. The van der Waals surface area contributed by atoms with E-state index in [1.165, 1.54) is 18.9 Å². The summed E-state index contributed by atoms with van der Waals surface area (Å²) < 4.78 is 13.3. The number of nitrogens with zero attached hydrogens (tertiary/aromatic N) is 1. The number of nitrogens with two attached hydrogens (primary N) is 1. The average Bonchev–Trinajstić information content (AvgIpc) is 3.14. The third kappa shape index (κ3) is 3.05. The van der Waals surface area contributed by atoms with E-state index in [0.29, 0.717) is 11.6 Å². The lowest BCUT2D eigenvalue weighted by Crippen LogP contribution is -2.30. The van der Waals surface area contributed by atoms with Crippen molar-refractivity contribution >= 4 is 0 Å². The Morgan fingerprint density at radius 1 is 1.47 bits per heavy atom. The zero-order valence-corrected chi connectivity index (χ0v) is 10.6. The van der Waals surface area contributed by atoms with E-state index in [1.807, 2.05) is 12.1 Å². The summed E-state index contributed by atoms with van der Waals surface area (Å²) in [5.41, 5.74) is 7.26. The van der Waals surface area contributed by atoms with Gasteiger partial charge in [0.25, 0.3) is 0 Å². The Morgan fingerprint density at radius 3 is 2.76 bits per heavy atom. The van der Waals surface area contributed by atoms with Gasteiger partial charge in [-0.25, -0.2) is 4.39 Å². The highest BCUT2D eigenvalue weighted by molar-refractivity contribution is 5.25. The van der Waals surface area contributed by atoms with E-state index in [1.54, 1.807) is 0 Å². The van der Waals surface area contributed by atoms with Gasteiger partial charge < -0.3 is 5.73 Å². The highest BCUT2D eigenvalue weighted by Gasteiger charge is 2.30. The van der Waals surface area contributed by atoms with Crippen LogP contribution in [0.25, 0.3) is 0 Å². The Kier molecular flexibility index (Phi) is 3.79. The van der Waals surface area contributed by atoms with Gasteiger partial charge in [-0.2, -0.15) is 0 Å². The lowest BCUT2D eigenvalue weighted by atomic mass is 10.1. The van der Waals surface area contributed by atoms with E-state index in [9.17, 15) is 4.39 Å². The minimum Gasteiger partial charge on any atom is -0.326 e. The first-order valence-corrected chi connectivity index (χ1v) is 6.29. The molecular weight excluding hydrogens is 215 g/mol. The number of halogens is 1. The summed E-state index contributed by atoms with van der Waals surface area (Å²) >= 11 is 0. The minimum absolute atomic E-state index is 0.200. The first-order chi connectivity index (χ1) is 8.11. The fourth-order valence-corrected chi connectivity index (χ4v) is 2.25. The van der Waals surface area contributed by atoms with Gasteiger partial charge in [-0.15, -0.1) is 0 Å². The van der Waals surface area contributed by atoms with Crippen LogP contribution in [0.2, 0.25) is 0 Å². The molecule has 17 heavy (non-hydrogen) atoms. The Hall–Kier alpha value is -0.930. The third-order valence-corrected chi connectivity index (χ3v) is 3.76. The normalized spacial score (nSPS) is 17.5. The number of benzene rings is 1. The van der Waals surface area contributed by atoms with E-state index in [-0.39, 0.29) is 12.4 Å². The molecule has 1 fully saturated rings. The van der Waals surface area contributed by atoms with E-state index in [0.717, 1.165) is 18.0 Å². The van der Waals surface area contributed by atoms with Crippen LogP contribution in [-0.2, 0) is 13.1 Å². The van der Waals surface area contributed by atoms with Gasteiger partial charge in [0.05, 0.1) is 0 Å². The van der Waals surface area contributed by atoms with Gasteiger partial charge in [-0.3, -0.25) is 4.90 Å². The molecule has 2 N–H and O–H groups in total. The molecule has 1 saturated carbocycles. The summed E-state index contributed by atoms with van der Waals surface area (Å²) in [6.07, 6.45) is 2.70. The molecular formula is C14H21FN2. The van der Waals surface area contributed by atoms with Crippen molar-refractivity contribution in [2.45, 2.75) is 38.9 Å². The lowest BCUT2D eigenvalue weighted by Gasteiger charge is -2.24. The van der Waals surface area contributed by atoms with Gasteiger partial charge in [0.2, 0.25) is 0 Å². The summed E-state index contributed by atoms with van der Waals surface area (Å²) in [4.78, 5) is 2.34. The van der Waals surface area contributed by atoms with Gasteiger partial charge in [-0.05, 0) is 44.4 Å². The lowest BCUT2D eigenvalue weighted by molar-refractivity contribution is 0.226. The molecule has 1 aliphatic carbocycles. The molecule has 1 unspecified atom stereocenters. The number of hydrogen-bond donors (Lipinski definition) is 1. The Labute approximate surface area is 103 Å². The molecule has 1 aliphatic rings. The van der Waals surface area contributed by atoms with Crippen LogP contribution in [0.5, 0.6) is 0 Å². The molecule has 0 bridgehead atoms. The van der Waals surface area contributed by atoms with Crippen molar-refractivity contribution in [3.8, 4) is 0 Å². The van der Waals surface area contributed by atoms with Crippen LogP contribution in [0.3, 0.4) is 0 Å². The van der Waals surface area contributed by atoms with Crippen LogP contribution in [0.15, 0.2) is 18.2 Å². The summed E-state index contributed by atoms with van der Waals surface area (Å²) in [5.74, 6) is 0.656. The Morgan fingerprint density at radius 2 is 2.18 bits per heavy atom. The van der Waals surface area contributed by atoms with E-state index >= 15 is 0 Å². The molecule has 0 spiro atoms. The molecule has 2 nitrogen and oxygen atoms in total. The molecule has 0 aromatic heterocycles. The highest BCUT2D eigenvalue weighted by atomic mass is 19.1. The van der Waals surface area contributed by atoms with Gasteiger partial charge in [0.1, 0.15) is 5.82 Å². The molecule has 1 atom stereocenters. The second-order valence-corrected chi connectivity index (χ2v) is 5.12. The largest absolute Gasteiger partial charge is 0.326 e. The molecule has 0 amide bonds. The molecule has 94 valence electrons. The van der Waals surface area contributed by atoms with Crippen LogP contribution < -0.4 is 5.73 Å². The van der Waals surface area contributed by atoms with Crippen LogP contribution in [0.4, 0.5) is 4.39 Å². The van der Waals surface area contributed by atoms with Crippen molar-refractivity contribution in [3.05, 3.63) is 35.1 Å². The maximum Gasteiger partial charge on any atom is 0.127 e. The van der Waals surface area contributed by atoms with Crippen molar-refractivity contribution in [1.29, 1.82) is 0 Å². The maximum atomic E-state index is 13.3. The Bertz CT molecular complexity index is 388. The van der Waals surface area contributed by atoms with Crippen molar-refractivity contribution in [3.63, 3.8) is 0 Å². The zero-order chi connectivity index (χ0) is 12.4. The monoisotopic (exact) mass is 236 g/mol. The Balaban J connectivity index is 2.02. The second kappa shape index (κ2) is 5.15. The van der Waals surface area contributed by atoms with Crippen molar-refractivity contribution in [2.24, 2.45) is 11.7 Å². The average molecular weight is 236 g/mol. The van der Waals surface area contributed by atoms with Gasteiger partial charge in [0, 0.05) is 24.7 Å². The molecule has 1 aromatic carbocycles. The predicted octanol–water partition coefficient (Wildman–Crippen LogP) is 2.51. The molecule has 0 saturated heterocycles. The van der Waals surface area contributed by atoms with E-state index in [2.05, 4.69) is 18.9 Å². The molecule has 0 heterocycles. The number of hydrogen-bond acceptors (Lipinski definition) is 2. The first-order valence-electron chi connectivity index (χ1n) is 6.29. The van der Waals surface area contributed by atoms with E-state index < -0.39 is 0 Å². The van der Waals surface area contributed by atoms with Crippen molar-refractivity contribution in [2.75, 3.05) is 7.05 Å². The molecule has 3 heteroatoms. The molecule has 0 radical (unpaired) electrons. The SMILES string of the molecule is CC(C1CC1)N(C)Cc1ccc(F)c(CN)c1. The fourth-order valence-electron chi connectivity index (χ4n) is 2.25. The first kappa shape index (κ1) is 12.5. The molecule has 1 aromatic rings. The smallest absolute Gasteiger partial charge is 0.127 e. The number of rotatable bonds is 5. The third-order valence-electron chi connectivity index (χ3n) is 3.76. The zero-order valence-electron chi connectivity index (χ0n) is 10.6. The predicted molar refractivity (Wildman–Crippen MR) is 67.9 cm³/mol. The second-order valence-electron chi connectivity index (χ2n) is 5.12. The van der Waals surface area contributed by atoms with Crippen molar-refractivity contribution < 1.29 is 4.39 Å². The quantitative estimate of drug-likeness (QED) is 0.851. The highest BCUT2D eigenvalue weighted by Crippen LogP contribution is 2.35. The van der Waals surface area contributed by atoms with Gasteiger partial charge in [-0.1, -0.05) is 12.1 Å². The summed E-state index contributed by atoms with van der Waals surface area (Å²) in [6, 6.07) is 5.87.